The van der Waals surface area contributed by atoms with Crippen LogP contribution in [0.1, 0.15) is 30.7 Å². The lowest BCUT2D eigenvalue weighted by Gasteiger charge is -2.33. The van der Waals surface area contributed by atoms with E-state index in [0.29, 0.717) is 24.7 Å². The number of nitrogens with zero attached hydrogens (tertiary/aromatic N) is 4. The third-order valence-corrected chi connectivity index (χ3v) is 8.67. The molecule has 0 saturated heterocycles. The maximum atomic E-state index is 13.5. The van der Waals surface area contributed by atoms with Crippen molar-refractivity contribution in [1.29, 1.82) is 0 Å². The van der Waals surface area contributed by atoms with Crippen molar-refractivity contribution >= 4 is 61.3 Å². The summed E-state index contributed by atoms with van der Waals surface area (Å²) in [5, 5.41) is 20.5. The Morgan fingerprint density at radius 1 is 1.04 bits per heavy atom. The summed E-state index contributed by atoms with van der Waals surface area (Å²) in [6.45, 7) is 5.68. The number of anilines is 1. The van der Waals surface area contributed by atoms with Gasteiger partial charge in [-0.25, -0.2) is 4.98 Å². The second-order valence-electron chi connectivity index (χ2n) is 11.5. The number of hydrogen-bond acceptors (Lipinski definition) is 5. The molecule has 5 rings (SSSR count). The maximum absolute atomic E-state index is 13.5. The van der Waals surface area contributed by atoms with Crippen LogP contribution in [0, 0.1) is 16.0 Å². The van der Waals surface area contributed by atoms with Gasteiger partial charge in [0, 0.05) is 59.9 Å². The fraction of sp³-hybridized carbons (Fsp3) is 0.229. The number of imidazole rings is 1. The summed E-state index contributed by atoms with van der Waals surface area (Å²) < 4.78 is 2.83. The van der Waals surface area contributed by atoms with Crippen molar-refractivity contribution in [3.8, 4) is 0 Å². The first kappa shape index (κ1) is 32.8. The van der Waals surface area contributed by atoms with E-state index in [1.54, 1.807) is 24.7 Å². The molecule has 11 heteroatoms. The summed E-state index contributed by atoms with van der Waals surface area (Å²) >= 11 is 9.51. The first-order valence-electron chi connectivity index (χ1n) is 15.0. The number of rotatable bonds is 12. The molecule has 0 aliphatic rings. The number of amides is 1. The summed E-state index contributed by atoms with van der Waals surface area (Å²) in [7, 11) is 0. The number of halogens is 1. The van der Waals surface area contributed by atoms with Gasteiger partial charge in [-0.05, 0) is 58.2 Å². The van der Waals surface area contributed by atoms with E-state index < -0.39 is 4.92 Å². The average Bonchev–Trinajstić information content (AvgIpc) is 3.46. The van der Waals surface area contributed by atoms with Crippen LogP contribution in [0.5, 0.6) is 0 Å². The number of hydrogen-bond donors (Lipinski definition) is 2. The molecule has 1 aromatic heterocycles. The molecule has 0 aliphatic heterocycles. The molecule has 9 nitrogen and oxygen atoms in total. The van der Waals surface area contributed by atoms with Crippen LogP contribution in [0.3, 0.4) is 0 Å². The highest BCUT2D eigenvalue weighted by atomic mass is 79.9. The van der Waals surface area contributed by atoms with Gasteiger partial charge in [0.2, 0.25) is 5.91 Å². The third-order valence-electron chi connectivity index (χ3n) is 7.81. The number of carbonyl (C=O) groups excluding carboxylic acids is 1. The Bertz CT molecular complexity index is 1840. The molecular formula is C35H35BrN6O3S. The monoisotopic (exact) mass is 698 g/mol. The number of aromatic nitrogens is 2. The predicted octanol–water partition coefficient (Wildman–Crippen LogP) is 7.34. The van der Waals surface area contributed by atoms with Gasteiger partial charge in [0.05, 0.1) is 17.7 Å². The van der Waals surface area contributed by atoms with Crippen molar-refractivity contribution in [3.05, 3.63) is 135 Å². The zero-order valence-corrected chi connectivity index (χ0v) is 28.0. The normalized spacial score (nSPS) is 11.7. The number of nitro benzene ring substituents is 1. The minimum atomic E-state index is -0.422. The molecule has 236 valence electrons. The summed E-state index contributed by atoms with van der Waals surface area (Å²) in [6.07, 6.45) is 3.49. The van der Waals surface area contributed by atoms with Gasteiger partial charge in [0.25, 0.3) is 5.69 Å². The van der Waals surface area contributed by atoms with Crippen LogP contribution < -0.4 is 10.6 Å². The Kier molecular flexibility index (Phi) is 10.8. The molecule has 1 heterocycles. The lowest BCUT2D eigenvalue weighted by atomic mass is 10.0. The van der Waals surface area contributed by atoms with Crippen molar-refractivity contribution in [1.82, 2.24) is 19.8 Å². The Morgan fingerprint density at radius 2 is 1.78 bits per heavy atom. The van der Waals surface area contributed by atoms with Gasteiger partial charge in [-0.1, -0.05) is 90.4 Å². The van der Waals surface area contributed by atoms with Gasteiger partial charge in [-0.2, -0.15) is 0 Å². The Balaban J connectivity index is 1.32. The van der Waals surface area contributed by atoms with Crippen LogP contribution in [-0.4, -0.2) is 43.0 Å². The summed E-state index contributed by atoms with van der Waals surface area (Å²) in [6, 6.07) is 28.6. The first-order valence-corrected chi connectivity index (χ1v) is 16.2. The largest absolute Gasteiger partial charge is 0.351 e. The van der Waals surface area contributed by atoms with Crippen LogP contribution in [-0.2, 0) is 24.3 Å². The molecule has 4 aromatic carbocycles. The highest BCUT2D eigenvalue weighted by Crippen LogP contribution is 2.22. The molecule has 0 radical (unpaired) electrons. The first-order chi connectivity index (χ1) is 22.2. The van der Waals surface area contributed by atoms with E-state index in [1.165, 1.54) is 12.1 Å². The standard InChI is InChI=1S/C35H35BrN6O3S/c1-24(2)33(39-34(43)18-31-19-37-23-41(31)20-25-13-15-30(16-14-25)42(44)45)22-40(35(46)38-29-11-6-10-28(36)17-29)21-27-9-5-8-26-7-3-4-12-32(26)27/h3-17,19,23-24,33H,18,20-22H2,1-2H3,(H,38,46)(H,39,43)/t33-/m1/s1. The van der Waals surface area contributed by atoms with Gasteiger partial charge < -0.3 is 20.1 Å². The van der Waals surface area contributed by atoms with Crippen LogP contribution >= 0.6 is 28.1 Å². The van der Waals surface area contributed by atoms with Crippen LogP contribution in [0.15, 0.2) is 108 Å². The van der Waals surface area contributed by atoms with Crippen LogP contribution in [0.4, 0.5) is 11.4 Å². The van der Waals surface area contributed by atoms with E-state index in [0.717, 1.165) is 37.8 Å². The van der Waals surface area contributed by atoms with Gasteiger partial charge in [0.1, 0.15) is 0 Å². The van der Waals surface area contributed by atoms with E-state index in [4.69, 9.17) is 12.2 Å². The fourth-order valence-corrected chi connectivity index (χ4v) is 5.92. The molecule has 0 spiro atoms. The van der Waals surface area contributed by atoms with E-state index in [1.807, 2.05) is 41.0 Å². The van der Waals surface area contributed by atoms with Gasteiger partial charge in [0.15, 0.2) is 5.11 Å². The van der Waals surface area contributed by atoms with Crippen LogP contribution in [0.25, 0.3) is 10.8 Å². The van der Waals surface area contributed by atoms with Crippen molar-refractivity contribution in [2.75, 3.05) is 11.9 Å². The Morgan fingerprint density at radius 3 is 2.52 bits per heavy atom. The van der Waals surface area contributed by atoms with Gasteiger partial charge >= 0.3 is 0 Å². The van der Waals surface area contributed by atoms with E-state index in [2.05, 4.69) is 80.6 Å². The summed E-state index contributed by atoms with van der Waals surface area (Å²) in [5.41, 5.74) is 3.67. The van der Waals surface area contributed by atoms with Crippen LogP contribution in [0.2, 0.25) is 0 Å². The lowest BCUT2D eigenvalue weighted by molar-refractivity contribution is -0.384. The highest BCUT2D eigenvalue weighted by Gasteiger charge is 2.23. The molecule has 0 unspecified atom stereocenters. The quantitative estimate of drug-likeness (QED) is 0.0798. The molecule has 46 heavy (non-hydrogen) atoms. The molecule has 2 N–H and O–H groups in total. The number of non-ortho nitro benzene ring substituents is 1. The number of nitro groups is 1. The zero-order valence-electron chi connectivity index (χ0n) is 25.6. The molecular weight excluding hydrogens is 664 g/mol. The van der Waals surface area contributed by atoms with Crippen molar-refractivity contribution in [2.45, 2.75) is 39.4 Å². The summed E-state index contributed by atoms with van der Waals surface area (Å²) in [4.78, 5) is 30.4. The molecule has 0 aliphatic carbocycles. The summed E-state index contributed by atoms with van der Waals surface area (Å²) in [5.74, 6) is -0.00205. The molecule has 0 saturated carbocycles. The average molecular weight is 700 g/mol. The lowest BCUT2D eigenvalue weighted by Crippen LogP contribution is -2.49. The number of nitrogens with one attached hydrogen (secondary N) is 2. The van der Waals surface area contributed by atoms with Crippen molar-refractivity contribution in [3.63, 3.8) is 0 Å². The molecule has 0 bridgehead atoms. The second-order valence-corrected chi connectivity index (χ2v) is 12.8. The molecule has 1 atom stereocenters. The second kappa shape index (κ2) is 15.1. The third kappa shape index (κ3) is 8.55. The van der Waals surface area contributed by atoms with Gasteiger partial charge in [-0.3, -0.25) is 14.9 Å². The van der Waals surface area contributed by atoms with Gasteiger partial charge in [-0.15, -0.1) is 0 Å². The molecule has 0 fully saturated rings. The maximum Gasteiger partial charge on any atom is 0.269 e. The Labute approximate surface area is 281 Å². The van der Waals surface area contributed by atoms with Crippen molar-refractivity contribution in [2.24, 2.45) is 5.92 Å². The molecule has 1 amide bonds. The van der Waals surface area contributed by atoms with E-state index in [9.17, 15) is 14.9 Å². The minimum absolute atomic E-state index is 0.0366. The smallest absolute Gasteiger partial charge is 0.269 e. The number of carbonyl (C=O) groups is 1. The Hall–Kier alpha value is -4.61. The topological polar surface area (TPSA) is 105 Å². The predicted molar refractivity (Wildman–Crippen MR) is 190 cm³/mol. The minimum Gasteiger partial charge on any atom is -0.351 e. The fourth-order valence-electron chi connectivity index (χ4n) is 5.26. The SMILES string of the molecule is CC(C)[C@@H](CN(Cc1cccc2ccccc12)C(=S)Nc1cccc(Br)c1)NC(=O)Cc1cncn1Cc1ccc([N+](=O)[O-])cc1. The molecule has 5 aromatic rings. The van der Waals surface area contributed by atoms with E-state index in [-0.39, 0.29) is 30.0 Å². The van der Waals surface area contributed by atoms with E-state index >= 15 is 0 Å². The number of benzene rings is 4. The zero-order chi connectivity index (χ0) is 32.6. The number of thiocarbonyl (C=S) groups is 1. The van der Waals surface area contributed by atoms with Crippen molar-refractivity contribution < 1.29 is 9.72 Å². The highest BCUT2D eigenvalue weighted by molar-refractivity contribution is 9.10. The number of fused-ring (bicyclic) bond motifs is 1.